The number of carbonyl (C=O) groups is 2. The van der Waals surface area contributed by atoms with Crippen LogP contribution in [0.3, 0.4) is 0 Å². The van der Waals surface area contributed by atoms with E-state index in [-0.39, 0.29) is 18.3 Å². The van der Waals surface area contributed by atoms with Crippen LogP contribution in [-0.4, -0.2) is 18.4 Å². The van der Waals surface area contributed by atoms with Crippen molar-refractivity contribution in [1.82, 2.24) is 0 Å². The second kappa shape index (κ2) is 6.82. The first-order chi connectivity index (χ1) is 13.7. The molecule has 5 rings (SSSR count). The van der Waals surface area contributed by atoms with Gasteiger partial charge in [-0.05, 0) is 73.2 Å². The molecule has 1 aromatic heterocycles. The maximum atomic E-state index is 12.4. The van der Waals surface area contributed by atoms with E-state index in [0.717, 1.165) is 48.0 Å². The highest BCUT2D eigenvalue weighted by Gasteiger charge is 2.22. The average Bonchev–Trinajstić information content (AvgIpc) is 3.41. The van der Waals surface area contributed by atoms with Gasteiger partial charge < -0.3 is 14.1 Å². The van der Waals surface area contributed by atoms with Crippen molar-refractivity contribution in [3.8, 4) is 5.75 Å². The molecule has 1 aliphatic heterocycles. The van der Waals surface area contributed by atoms with Crippen LogP contribution in [-0.2, 0) is 28.9 Å². The molecular weight excluding hydrogens is 354 g/mol. The van der Waals surface area contributed by atoms with E-state index in [0.29, 0.717) is 12.2 Å². The van der Waals surface area contributed by atoms with Gasteiger partial charge in [0, 0.05) is 29.6 Å². The second-order valence-corrected chi connectivity index (χ2v) is 7.53. The minimum absolute atomic E-state index is 0.142. The molecule has 28 heavy (non-hydrogen) atoms. The summed E-state index contributed by atoms with van der Waals surface area (Å²) >= 11 is 0. The third kappa shape index (κ3) is 3.07. The molecule has 3 aromatic rings. The summed E-state index contributed by atoms with van der Waals surface area (Å²) < 4.78 is 11.2. The van der Waals surface area contributed by atoms with Crippen LogP contribution in [0.1, 0.15) is 36.0 Å². The number of ether oxygens (including phenoxy) is 1. The Morgan fingerprint density at radius 2 is 1.82 bits per heavy atom. The number of furan rings is 1. The average molecular weight is 375 g/mol. The number of anilines is 1. The number of fused-ring (bicyclic) bond motifs is 2. The highest BCUT2D eigenvalue weighted by molar-refractivity contribution is 5.95. The first-order valence-electron chi connectivity index (χ1n) is 9.80. The number of amides is 1. The molecule has 0 bridgehead atoms. The van der Waals surface area contributed by atoms with Crippen molar-refractivity contribution in [1.29, 1.82) is 0 Å². The van der Waals surface area contributed by atoms with E-state index >= 15 is 0 Å². The van der Waals surface area contributed by atoms with Crippen LogP contribution < -0.4 is 9.64 Å². The molecule has 2 heterocycles. The van der Waals surface area contributed by atoms with Gasteiger partial charge in [-0.25, -0.2) is 0 Å². The van der Waals surface area contributed by atoms with Crippen molar-refractivity contribution < 1.29 is 18.7 Å². The molecule has 0 radical (unpaired) electrons. The summed E-state index contributed by atoms with van der Waals surface area (Å²) in [6.07, 6.45) is 6.67. The van der Waals surface area contributed by atoms with Gasteiger partial charge in [-0.15, -0.1) is 0 Å². The monoisotopic (exact) mass is 375 g/mol. The van der Waals surface area contributed by atoms with Crippen molar-refractivity contribution in [3.63, 3.8) is 0 Å². The number of carbonyl (C=O) groups excluding carboxylic acids is 2. The Morgan fingerprint density at radius 3 is 2.57 bits per heavy atom. The highest BCUT2D eigenvalue weighted by Crippen LogP contribution is 2.31. The van der Waals surface area contributed by atoms with E-state index in [1.54, 1.807) is 23.3 Å². The van der Waals surface area contributed by atoms with Gasteiger partial charge in [0.15, 0.2) is 0 Å². The fourth-order valence-electron chi connectivity index (χ4n) is 4.22. The van der Waals surface area contributed by atoms with E-state index < -0.39 is 0 Å². The maximum Gasteiger partial charge on any atom is 0.315 e. The molecule has 5 nitrogen and oxygen atoms in total. The quantitative estimate of drug-likeness (QED) is 0.507. The molecule has 142 valence electrons. The molecule has 1 aliphatic carbocycles. The Hall–Kier alpha value is -3.08. The zero-order chi connectivity index (χ0) is 19.1. The molecular formula is C23H21NO4. The molecule has 0 spiro atoms. The Labute approximate surface area is 162 Å². The summed E-state index contributed by atoms with van der Waals surface area (Å²) in [5, 5.41) is 1.00. The smallest absolute Gasteiger partial charge is 0.315 e. The topological polar surface area (TPSA) is 59.8 Å². The van der Waals surface area contributed by atoms with Crippen molar-refractivity contribution in [2.24, 2.45) is 0 Å². The van der Waals surface area contributed by atoms with Gasteiger partial charge in [0.1, 0.15) is 11.3 Å². The molecule has 0 saturated carbocycles. The first kappa shape index (κ1) is 17.0. The van der Waals surface area contributed by atoms with Crippen molar-refractivity contribution in [2.75, 3.05) is 11.4 Å². The lowest BCUT2D eigenvalue weighted by Crippen LogP contribution is -2.23. The van der Waals surface area contributed by atoms with Crippen molar-refractivity contribution >= 4 is 28.5 Å². The fourth-order valence-corrected chi connectivity index (χ4v) is 4.22. The van der Waals surface area contributed by atoms with Crippen LogP contribution in [0.25, 0.3) is 11.0 Å². The number of esters is 1. The Balaban J connectivity index is 1.29. The third-order valence-corrected chi connectivity index (χ3v) is 5.66. The molecule has 0 unspecified atom stereocenters. The summed E-state index contributed by atoms with van der Waals surface area (Å²) in [6.45, 7) is 0.745. The number of hydrogen-bond donors (Lipinski definition) is 0. The van der Waals surface area contributed by atoms with Crippen LogP contribution in [0.4, 0.5) is 5.69 Å². The molecule has 1 amide bonds. The largest absolute Gasteiger partial charge is 0.464 e. The molecule has 0 atom stereocenters. The SMILES string of the molecule is O=C(Cc1coc2cc3c(cc12)CCC3)Oc1ccc(N2CCCC2=O)cc1. The molecule has 1 fully saturated rings. The number of nitrogens with zero attached hydrogens (tertiary/aromatic N) is 1. The first-order valence-corrected chi connectivity index (χ1v) is 9.80. The summed E-state index contributed by atoms with van der Waals surface area (Å²) in [5.74, 6) is 0.297. The third-order valence-electron chi connectivity index (χ3n) is 5.66. The fraction of sp³-hybridized carbons (Fsp3) is 0.304. The Morgan fingerprint density at radius 1 is 1.04 bits per heavy atom. The summed E-state index contributed by atoms with van der Waals surface area (Å²) in [6, 6.07) is 11.4. The zero-order valence-corrected chi connectivity index (χ0v) is 15.6. The highest BCUT2D eigenvalue weighted by atomic mass is 16.5. The molecule has 5 heteroatoms. The van der Waals surface area contributed by atoms with Crippen LogP contribution in [0, 0.1) is 0 Å². The summed E-state index contributed by atoms with van der Waals surface area (Å²) in [4.78, 5) is 26.0. The maximum absolute atomic E-state index is 12.4. The number of aryl methyl sites for hydroxylation is 2. The predicted octanol–water partition coefficient (Wildman–Crippen LogP) is 4.20. The van der Waals surface area contributed by atoms with E-state index in [1.165, 1.54) is 17.5 Å². The van der Waals surface area contributed by atoms with Gasteiger partial charge >= 0.3 is 5.97 Å². The second-order valence-electron chi connectivity index (χ2n) is 7.53. The van der Waals surface area contributed by atoms with Gasteiger partial charge in [-0.3, -0.25) is 9.59 Å². The molecule has 0 N–H and O–H groups in total. The number of hydrogen-bond acceptors (Lipinski definition) is 4. The van der Waals surface area contributed by atoms with Gasteiger partial charge in [0.25, 0.3) is 0 Å². The molecule has 2 aliphatic rings. The van der Waals surface area contributed by atoms with Crippen LogP contribution in [0.2, 0.25) is 0 Å². The van der Waals surface area contributed by atoms with E-state index in [9.17, 15) is 9.59 Å². The molecule has 1 saturated heterocycles. The van der Waals surface area contributed by atoms with Gasteiger partial charge in [0.05, 0.1) is 12.7 Å². The standard InChI is InChI=1S/C23H21NO4/c25-22-5-2-10-24(22)18-6-8-19(9-7-18)28-23(26)13-17-14-27-21-12-16-4-1-3-15(16)11-20(17)21/h6-9,11-12,14H,1-5,10,13H2. The summed E-state index contributed by atoms with van der Waals surface area (Å²) in [7, 11) is 0. The van der Waals surface area contributed by atoms with E-state index in [1.807, 2.05) is 12.1 Å². The van der Waals surface area contributed by atoms with Crippen LogP contribution in [0.15, 0.2) is 47.1 Å². The molecule has 2 aromatic carbocycles. The summed E-state index contributed by atoms with van der Waals surface area (Å²) in [5.41, 5.74) is 5.25. The van der Waals surface area contributed by atoms with Crippen molar-refractivity contribution in [2.45, 2.75) is 38.5 Å². The lowest BCUT2D eigenvalue weighted by Gasteiger charge is -2.15. The van der Waals surface area contributed by atoms with Crippen LogP contribution >= 0.6 is 0 Å². The van der Waals surface area contributed by atoms with Crippen molar-refractivity contribution in [3.05, 3.63) is 59.4 Å². The van der Waals surface area contributed by atoms with Gasteiger partial charge in [-0.2, -0.15) is 0 Å². The van der Waals surface area contributed by atoms with Gasteiger partial charge in [-0.1, -0.05) is 0 Å². The van der Waals surface area contributed by atoms with Crippen LogP contribution in [0.5, 0.6) is 5.75 Å². The van der Waals surface area contributed by atoms with E-state index in [4.69, 9.17) is 9.15 Å². The minimum Gasteiger partial charge on any atom is -0.464 e. The zero-order valence-electron chi connectivity index (χ0n) is 15.6. The Kier molecular flexibility index (Phi) is 4.15. The lowest BCUT2D eigenvalue weighted by molar-refractivity contribution is -0.133. The minimum atomic E-state index is -0.326. The van der Waals surface area contributed by atoms with E-state index in [2.05, 4.69) is 12.1 Å². The normalized spacial score (nSPS) is 16.0. The number of rotatable bonds is 4. The van der Waals surface area contributed by atoms with Gasteiger partial charge in [0.2, 0.25) is 5.91 Å². The predicted molar refractivity (Wildman–Crippen MR) is 106 cm³/mol. The number of benzene rings is 2. The lowest BCUT2D eigenvalue weighted by atomic mass is 10.0. The Bertz CT molecular complexity index is 1060.